The van der Waals surface area contributed by atoms with E-state index in [4.69, 9.17) is 4.74 Å². The Morgan fingerprint density at radius 3 is 2.70 bits per heavy atom. The summed E-state index contributed by atoms with van der Waals surface area (Å²) in [5.41, 5.74) is 4.20. The summed E-state index contributed by atoms with van der Waals surface area (Å²) < 4.78 is 5.30. The Hall–Kier alpha value is -1.96. The summed E-state index contributed by atoms with van der Waals surface area (Å²) in [5, 5.41) is 3.68. The summed E-state index contributed by atoms with van der Waals surface area (Å²) in [6.45, 7) is 4.65. The fraction of sp³-hybridized carbons (Fsp3) is 0.333. The largest absolute Gasteiger partial charge is 0.497 e. The molecule has 0 fully saturated rings. The number of ether oxygens (including phenoxy) is 1. The quantitative estimate of drug-likeness (QED) is 0.888. The van der Waals surface area contributed by atoms with Crippen LogP contribution in [0.4, 0.5) is 5.69 Å². The summed E-state index contributed by atoms with van der Waals surface area (Å²) in [6.07, 6.45) is 1.12. The maximum atomic E-state index is 5.30. The molecule has 0 aliphatic heterocycles. The van der Waals surface area contributed by atoms with Crippen molar-refractivity contribution in [1.82, 2.24) is 0 Å². The average Bonchev–Trinajstić information content (AvgIpc) is 2.70. The van der Waals surface area contributed by atoms with E-state index >= 15 is 0 Å². The van der Waals surface area contributed by atoms with Gasteiger partial charge >= 0.3 is 0 Å². The van der Waals surface area contributed by atoms with Crippen molar-refractivity contribution in [2.75, 3.05) is 12.4 Å². The Labute approximate surface area is 120 Å². The van der Waals surface area contributed by atoms with E-state index in [1.165, 1.54) is 11.1 Å². The molecule has 0 radical (unpaired) electrons. The molecule has 3 rings (SSSR count). The van der Waals surface area contributed by atoms with Crippen molar-refractivity contribution >= 4 is 5.69 Å². The Balaban J connectivity index is 1.92. The molecule has 0 aromatic heterocycles. The van der Waals surface area contributed by atoms with Gasteiger partial charge in [-0.1, -0.05) is 44.2 Å². The third-order valence-electron chi connectivity index (χ3n) is 4.17. The first-order valence-corrected chi connectivity index (χ1v) is 7.08. The van der Waals surface area contributed by atoms with Crippen molar-refractivity contribution in [3.8, 4) is 5.75 Å². The van der Waals surface area contributed by atoms with Crippen LogP contribution in [0, 0.1) is 5.41 Å². The van der Waals surface area contributed by atoms with Crippen LogP contribution in [0.25, 0.3) is 0 Å². The standard InChI is InChI=1S/C18H21NO/c1-18(2)12-13-7-4-5-10-16(13)17(18)19-14-8-6-9-15(11-14)20-3/h4-11,17,19H,12H2,1-3H3. The molecule has 104 valence electrons. The molecule has 1 aliphatic rings. The highest BCUT2D eigenvalue weighted by Crippen LogP contribution is 2.46. The van der Waals surface area contributed by atoms with Gasteiger partial charge in [-0.25, -0.2) is 0 Å². The van der Waals surface area contributed by atoms with Gasteiger partial charge in [0, 0.05) is 11.8 Å². The molecule has 0 saturated carbocycles. The van der Waals surface area contributed by atoms with Crippen LogP contribution in [0.3, 0.4) is 0 Å². The molecule has 2 aromatic rings. The number of methoxy groups -OCH3 is 1. The van der Waals surface area contributed by atoms with Gasteiger partial charge in [-0.2, -0.15) is 0 Å². The summed E-state index contributed by atoms with van der Waals surface area (Å²) in [7, 11) is 1.70. The van der Waals surface area contributed by atoms with Crippen LogP contribution < -0.4 is 10.1 Å². The number of fused-ring (bicyclic) bond motifs is 1. The highest BCUT2D eigenvalue weighted by Gasteiger charge is 2.38. The lowest BCUT2D eigenvalue weighted by Crippen LogP contribution is -2.24. The number of anilines is 1. The monoisotopic (exact) mass is 267 g/mol. The fourth-order valence-corrected chi connectivity index (χ4v) is 3.14. The smallest absolute Gasteiger partial charge is 0.120 e. The van der Waals surface area contributed by atoms with E-state index < -0.39 is 0 Å². The van der Waals surface area contributed by atoms with E-state index in [0.717, 1.165) is 17.9 Å². The molecule has 2 heteroatoms. The normalized spacial score (nSPS) is 19.4. The molecular formula is C18H21NO. The second-order valence-electron chi connectivity index (χ2n) is 6.17. The summed E-state index contributed by atoms with van der Waals surface area (Å²) >= 11 is 0. The molecule has 0 bridgehead atoms. The maximum Gasteiger partial charge on any atom is 0.120 e. The van der Waals surface area contributed by atoms with Crippen molar-refractivity contribution in [2.45, 2.75) is 26.3 Å². The van der Waals surface area contributed by atoms with Crippen LogP contribution in [0.5, 0.6) is 5.75 Å². The molecule has 1 unspecified atom stereocenters. The summed E-state index contributed by atoms with van der Waals surface area (Å²) in [6, 6.07) is 17.2. The summed E-state index contributed by atoms with van der Waals surface area (Å²) in [4.78, 5) is 0. The van der Waals surface area contributed by atoms with Crippen LogP contribution in [-0.2, 0) is 6.42 Å². The van der Waals surface area contributed by atoms with E-state index in [9.17, 15) is 0 Å². The molecule has 0 amide bonds. The van der Waals surface area contributed by atoms with Gasteiger partial charge in [0.05, 0.1) is 13.2 Å². The van der Waals surface area contributed by atoms with Crippen molar-refractivity contribution < 1.29 is 4.74 Å². The van der Waals surface area contributed by atoms with E-state index in [1.54, 1.807) is 7.11 Å². The topological polar surface area (TPSA) is 21.3 Å². The highest BCUT2D eigenvalue weighted by molar-refractivity contribution is 5.52. The van der Waals surface area contributed by atoms with Crippen LogP contribution in [0.15, 0.2) is 48.5 Å². The van der Waals surface area contributed by atoms with Crippen molar-refractivity contribution in [3.05, 3.63) is 59.7 Å². The predicted octanol–water partition coefficient (Wildman–Crippen LogP) is 4.43. The molecular weight excluding hydrogens is 246 g/mol. The van der Waals surface area contributed by atoms with Crippen LogP contribution in [0.1, 0.15) is 31.0 Å². The Kier molecular flexibility index (Phi) is 3.17. The van der Waals surface area contributed by atoms with Crippen molar-refractivity contribution in [2.24, 2.45) is 5.41 Å². The molecule has 0 saturated heterocycles. The number of rotatable bonds is 3. The minimum atomic E-state index is 0.215. The molecule has 1 aliphatic carbocycles. The van der Waals surface area contributed by atoms with Crippen molar-refractivity contribution in [3.63, 3.8) is 0 Å². The minimum Gasteiger partial charge on any atom is -0.497 e. The number of nitrogens with one attached hydrogen (secondary N) is 1. The molecule has 2 nitrogen and oxygen atoms in total. The predicted molar refractivity (Wildman–Crippen MR) is 83.3 cm³/mol. The number of benzene rings is 2. The molecule has 1 atom stereocenters. The van der Waals surface area contributed by atoms with Crippen LogP contribution in [-0.4, -0.2) is 7.11 Å². The first kappa shape index (κ1) is 13.0. The number of hydrogen-bond acceptors (Lipinski definition) is 2. The maximum absolute atomic E-state index is 5.30. The lowest BCUT2D eigenvalue weighted by atomic mass is 9.85. The van der Waals surface area contributed by atoms with E-state index in [1.807, 2.05) is 12.1 Å². The van der Waals surface area contributed by atoms with E-state index in [-0.39, 0.29) is 5.41 Å². The van der Waals surface area contributed by atoms with Crippen LogP contribution >= 0.6 is 0 Å². The van der Waals surface area contributed by atoms with Gasteiger partial charge in [-0.3, -0.25) is 0 Å². The molecule has 2 aromatic carbocycles. The van der Waals surface area contributed by atoms with Gasteiger partial charge in [0.2, 0.25) is 0 Å². The number of hydrogen-bond donors (Lipinski definition) is 1. The van der Waals surface area contributed by atoms with Gasteiger partial charge in [-0.15, -0.1) is 0 Å². The lowest BCUT2D eigenvalue weighted by Gasteiger charge is -2.29. The fourth-order valence-electron chi connectivity index (χ4n) is 3.14. The van der Waals surface area contributed by atoms with Gasteiger partial charge in [0.25, 0.3) is 0 Å². The Bertz CT molecular complexity index is 618. The zero-order valence-electron chi connectivity index (χ0n) is 12.3. The van der Waals surface area contributed by atoms with Gasteiger partial charge < -0.3 is 10.1 Å². The highest BCUT2D eigenvalue weighted by atomic mass is 16.5. The second-order valence-corrected chi connectivity index (χ2v) is 6.17. The SMILES string of the molecule is COc1cccc(NC2c3ccccc3CC2(C)C)c1. The third kappa shape index (κ3) is 2.26. The lowest BCUT2D eigenvalue weighted by molar-refractivity contribution is 0.337. The van der Waals surface area contributed by atoms with Crippen molar-refractivity contribution in [1.29, 1.82) is 0 Å². The van der Waals surface area contributed by atoms with Gasteiger partial charge in [-0.05, 0) is 35.1 Å². The molecule has 0 heterocycles. The molecule has 0 spiro atoms. The summed E-state index contributed by atoms with van der Waals surface area (Å²) in [5.74, 6) is 0.888. The third-order valence-corrected chi connectivity index (χ3v) is 4.17. The zero-order chi connectivity index (χ0) is 14.2. The minimum absolute atomic E-state index is 0.215. The first-order valence-electron chi connectivity index (χ1n) is 7.08. The van der Waals surface area contributed by atoms with Crippen LogP contribution in [0.2, 0.25) is 0 Å². The molecule has 20 heavy (non-hydrogen) atoms. The average molecular weight is 267 g/mol. The second kappa shape index (κ2) is 4.86. The van der Waals surface area contributed by atoms with E-state index in [2.05, 4.69) is 55.6 Å². The Morgan fingerprint density at radius 2 is 1.90 bits per heavy atom. The van der Waals surface area contributed by atoms with Gasteiger partial charge in [0.1, 0.15) is 5.75 Å². The molecule has 1 N–H and O–H groups in total. The zero-order valence-corrected chi connectivity index (χ0v) is 12.3. The Morgan fingerprint density at radius 1 is 1.10 bits per heavy atom. The van der Waals surface area contributed by atoms with E-state index in [0.29, 0.717) is 6.04 Å². The first-order chi connectivity index (χ1) is 9.60. The van der Waals surface area contributed by atoms with Gasteiger partial charge in [0.15, 0.2) is 0 Å².